The Bertz CT molecular complexity index is 705. The molecule has 0 saturated carbocycles. The molecule has 6 heteroatoms. The number of hydrogen-bond donors (Lipinski definition) is 1. The summed E-state index contributed by atoms with van der Waals surface area (Å²) < 4.78 is 1.56. The lowest BCUT2D eigenvalue weighted by Crippen LogP contribution is -1.96. The highest BCUT2D eigenvalue weighted by molar-refractivity contribution is 7.13. The van der Waals surface area contributed by atoms with Gasteiger partial charge >= 0.3 is 5.97 Å². The monoisotopic (exact) mass is 271 g/mol. The van der Waals surface area contributed by atoms with Gasteiger partial charge in [0.25, 0.3) is 0 Å². The van der Waals surface area contributed by atoms with E-state index < -0.39 is 5.97 Å². The van der Waals surface area contributed by atoms with Crippen molar-refractivity contribution in [2.45, 2.75) is 0 Å². The molecule has 3 rings (SSSR count). The SMILES string of the molecule is O=C(O)c1cn(-c2ccncc2)nc1-c1cccs1. The Morgan fingerprint density at radius 2 is 2.05 bits per heavy atom. The van der Waals surface area contributed by atoms with Gasteiger partial charge in [0.2, 0.25) is 0 Å². The summed E-state index contributed by atoms with van der Waals surface area (Å²) >= 11 is 1.46. The summed E-state index contributed by atoms with van der Waals surface area (Å²) in [5.74, 6) is -0.983. The molecular weight excluding hydrogens is 262 g/mol. The van der Waals surface area contributed by atoms with Crippen LogP contribution in [-0.4, -0.2) is 25.8 Å². The van der Waals surface area contributed by atoms with Crippen molar-refractivity contribution in [3.63, 3.8) is 0 Å². The molecule has 3 aromatic rings. The van der Waals surface area contributed by atoms with Crippen LogP contribution in [0.25, 0.3) is 16.3 Å². The maximum atomic E-state index is 11.3. The molecule has 0 atom stereocenters. The first-order chi connectivity index (χ1) is 9.25. The molecule has 0 aliphatic carbocycles. The van der Waals surface area contributed by atoms with E-state index in [1.54, 1.807) is 29.2 Å². The Hall–Kier alpha value is -2.47. The van der Waals surface area contributed by atoms with Crippen molar-refractivity contribution in [3.8, 4) is 16.3 Å². The quantitative estimate of drug-likeness (QED) is 0.795. The van der Waals surface area contributed by atoms with Crippen LogP contribution in [-0.2, 0) is 0 Å². The Morgan fingerprint density at radius 3 is 2.68 bits per heavy atom. The van der Waals surface area contributed by atoms with Crippen LogP contribution in [0.3, 0.4) is 0 Å². The second-order valence-electron chi connectivity index (χ2n) is 3.82. The summed E-state index contributed by atoms with van der Waals surface area (Å²) in [6, 6.07) is 7.28. The van der Waals surface area contributed by atoms with Gasteiger partial charge < -0.3 is 5.11 Å². The van der Waals surface area contributed by atoms with Crippen LogP contribution in [0.5, 0.6) is 0 Å². The summed E-state index contributed by atoms with van der Waals surface area (Å²) in [5.41, 5.74) is 1.46. The second kappa shape index (κ2) is 4.66. The van der Waals surface area contributed by atoms with E-state index in [0.717, 1.165) is 10.6 Å². The summed E-state index contributed by atoms with van der Waals surface area (Å²) in [4.78, 5) is 16.1. The molecule has 0 bridgehead atoms. The minimum Gasteiger partial charge on any atom is -0.478 e. The molecule has 0 saturated heterocycles. The zero-order chi connectivity index (χ0) is 13.2. The lowest BCUT2D eigenvalue weighted by Gasteiger charge is -1.98. The highest BCUT2D eigenvalue weighted by atomic mass is 32.1. The Kier molecular flexibility index (Phi) is 2.85. The number of pyridine rings is 1. The third-order valence-electron chi connectivity index (χ3n) is 2.63. The summed E-state index contributed by atoms with van der Waals surface area (Å²) in [6.07, 6.45) is 4.80. The van der Waals surface area contributed by atoms with Crippen molar-refractivity contribution in [3.05, 3.63) is 53.8 Å². The lowest BCUT2D eigenvalue weighted by molar-refractivity contribution is 0.0697. The van der Waals surface area contributed by atoms with Gasteiger partial charge in [-0.1, -0.05) is 6.07 Å². The van der Waals surface area contributed by atoms with E-state index in [-0.39, 0.29) is 5.56 Å². The highest BCUT2D eigenvalue weighted by Gasteiger charge is 2.18. The van der Waals surface area contributed by atoms with Crippen molar-refractivity contribution in [2.75, 3.05) is 0 Å². The van der Waals surface area contributed by atoms with Crippen LogP contribution >= 0.6 is 11.3 Å². The lowest BCUT2D eigenvalue weighted by atomic mass is 10.2. The van der Waals surface area contributed by atoms with E-state index in [0.29, 0.717) is 5.69 Å². The van der Waals surface area contributed by atoms with E-state index in [4.69, 9.17) is 0 Å². The molecule has 94 valence electrons. The molecule has 19 heavy (non-hydrogen) atoms. The highest BCUT2D eigenvalue weighted by Crippen LogP contribution is 2.27. The number of hydrogen-bond acceptors (Lipinski definition) is 4. The number of carboxylic acids is 1. The second-order valence-corrected chi connectivity index (χ2v) is 4.77. The number of thiophene rings is 1. The zero-order valence-electron chi connectivity index (χ0n) is 9.72. The molecule has 0 amide bonds. The maximum absolute atomic E-state index is 11.3. The predicted molar refractivity (Wildman–Crippen MR) is 71.6 cm³/mol. The van der Waals surface area contributed by atoms with Gasteiger partial charge in [-0.15, -0.1) is 11.3 Å². The fraction of sp³-hybridized carbons (Fsp3) is 0. The fourth-order valence-corrected chi connectivity index (χ4v) is 2.48. The average molecular weight is 271 g/mol. The third-order valence-corrected chi connectivity index (χ3v) is 3.50. The smallest absolute Gasteiger partial charge is 0.339 e. The van der Waals surface area contributed by atoms with Crippen LogP contribution in [0, 0.1) is 0 Å². The summed E-state index contributed by atoms with van der Waals surface area (Å²) in [7, 11) is 0. The largest absolute Gasteiger partial charge is 0.478 e. The minimum absolute atomic E-state index is 0.194. The van der Waals surface area contributed by atoms with Crippen molar-refractivity contribution < 1.29 is 9.90 Å². The molecule has 0 spiro atoms. The summed E-state index contributed by atoms with van der Waals surface area (Å²) in [6.45, 7) is 0. The summed E-state index contributed by atoms with van der Waals surface area (Å²) in [5, 5.41) is 15.5. The number of aromatic nitrogens is 3. The molecule has 0 aliphatic rings. The van der Waals surface area contributed by atoms with Crippen molar-refractivity contribution in [2.24, 2.45) is 0 Å². The number of carboxylic acid groups (broad SMARTS) is 1. The van der Waals surface area contributed by atoms with E-state index in [2.05, 4.69) is 10.1 Å². The van der Waals surface area contributed by atoms with Crippen molar-refractivity contribution >= 4 is 17.3 Å². The van der Waals surface area contributed by atoms with Crippen LogP contribution in [0.15, 0.2) is 48.2 Å². The van der Waals surface area contributed by atoms with Gasteiger partial charge in [-0.05, 0) is 23.6 Å². The van der Waals surface area contributed by atoms with E-state index in [1.807, 2.05) is 17.5 Å². The Labute approximate surface area is 112 Å². The van der Waals surface area contributed by atoms with Gasteiger partial charge in [0, 0.05) is 18.6 Å². The Morgan fingerprint density at radius 1 is 1.26 bits per heavy atom. The number of aromatic carboxylic acids is 1. The van der Waals surface area contributed by atoms with Crippen LogP contribution in [0.1, 0.15) is 10.4 Å². The van der Waals surface area contributed by atoms with Gasteiger partial charge in [0.1, 0.15) is 11.3 Å². The molecular formula is C13H9N3O2S. The van der Waals surface area contributed by atoms with Gasteiger partial charge in [-0.2, -0.15) is 5.10 Å². The van der Waals surface area contributed by atoms with Crippen molar-refractivity contribution in [1.82, 2.24) is 14.8 Å². The van der Waals surface area contributed by atoms with Crippen LogP contribution in [0.2, 0.25) is 0 Å². The van der Waals surface area contributed by atoms with Crippen LogP contribution < -0.4 is 0 Å². The molecule has 0 aromatic carbocycles. The van der Waals surface area contributed by atoms with Crippen LogP contribution in [0.4, 0.5) is 0 Å². The molecule has 0 radical (unpaired) electrons. The first kappa shape index (κ1) is 11.6. The molecule has 0 unspecified atom stereocenters. The topological polar surface area (TPSA) is 68.0 Å². The molecule has 1 N–H and O–H groups in total. The first-order valence-corrected chi connectivity index (χ1v) is 6.41. The number of nitrogens with zero attached hydrogens (tertiary/aromatic N) is 3. The fourth-order valence-electron chi connectivity index (χ4n) is 1.75. The first-order valence-electron chi connectivity index (χ1n) is 5.53. The van der Waals surface area contributed by atoms with Gasteiger partial charge in [-0.25, -0.2) is 9.48 Å². The zero-order valence-corrected chi connectivity index (χ0v) is 10.5. The van der Waals surface area contributed by atoms with E-state index in [1.165, 1.54) is 17.5 Å². The Balaban J connectivity index is 2.15. The molecule has 0 aliphatic heterocycles. The minimum atomic E-state index is -0.983. The standard InChI is InChI=1S/C13H9N3O2S/c17-13(18)10-8-16(9-3-5-14-6-4-9)15-12(10)11-2-1-7-19-11/h1-8H,(H,17,18). The van der Waals surface area contributed by atoms with Gasteiger partial charge in [-0.3, -0.25) is 4.98 Å². The molecule has 5 nitrogen and oxygen atoms in total. The average Bonchev–Trinajstić information content (AvgIpc) is 3.08. The van der Waals surface area contributed by atoms with E-state index >= 15 is 0 Å². The molecule has 0 fully saturated rings. The van der Waals surface area contributed by atoms with Gasteiger partial charge in [0.15, 0.2) is 0 Å². The molecule has 3 heterocycles. The normalized spacial score (nSPS) is 10.5. The predicted octanol–water partition coefficient (Wildman–Crippen LogP) is 2.69. The van der Waals surface area contributed by atoms with Crippen molar-refractivity contribution in [1.29, 1.82) is 0 Å². The number of rotatable bonds is 3. The number of carbonyl (C=O) groups is 1. The van der Waals surface area contributed by atoms with Gasteiger partial charge in [0.05, 0.1) is 10.6 Å². The molecule has 3 aromatic heterocycles. The van der Waals surface area contributed by atoms with E-state index in [9.17, 15) is 9.90 Å². The maximum Gasteiger partial charge on any atom is 0.339 e. The third kappa shape index (κ3) is 2.13.